The number of hydrogen-bond acceptors (Lipinski definition) is 3. The molecule has 0 saturated heterocycles. The van der Waals surface area contributed by atoms with Crippen molar-refractivity contribution in [1.29, 1.82) is 0 Å². The Hall–Kier alpha value is -1.98. The van der Waals surface area contributed by atoms with E-state index in [1.165, 1.54) is 36.8 Å². The molecule has 0 fully saturated rings. The second kappa shape index (κ2) is 6.85. The lowest BCUT2D eigenvalue weighted by atomic mass is 10.1. The van der Waals surface area contributed by atoms with Gasteiger partial charge >= 0.3 is 0 Å². The Morgan fingerprint density at radius 1 is 0.955 bits per heavy atom. The topological polar surface area (TPSA) is 63.2 Å². The van der Waals surface area contributed by atoms with Crippen molar-refractivity contribution >= 4 is 15.8 Å². The highest BCUT2D eigenvalue weighted by molar-refractivity contribution is 7.89. The van der Waals surface area contributed by atoms with Crippen LogP contribution in [-0.4, -0.2) is 14.2 Å². The maximum Gasteiger partial charge on any atom is 0.240 e. The molecule has 0 radical (unpaired) electrons. The summed E-state index contributed by atoms with van der Waals surface area (Å²) < 4.78 is 27.0. The minimum Gasteiger partial charge on any atom is -0.295 e. The first-order chi connectivity index (χ1) is 10.4. The third-order valence-corrected chi connectivity index (χ3v) is 4.89. The van der Waals surface area contributed by atoms with Crippen molar-refractivity contribution in [2.45, 2.75) is 31.7 Å². The molecule has 0 unspecified atom stereocenters. The summed E-state index contributed by atoms with van der Waals surface area (Å²) in [4.78, 5) is 11.4. The van der Waals surface area contributed by atoms with E-state index in [9.17, 15) is 13.2 Å². The van der Waals surface area contributed by atoms with Gasteiger partial charge < -0.3 is 0 Å². The number of rotatable bonds is 6. The van der Waals surface area contributed by atoms with E-state index in [-0.39, 0.29) is 17.2 Å². The summed E-state index contributed by atoms with van der Waals surface area (Å²) in [6.07, 6.45) is 0.953. The van der Waals surface area contributed by atoms with Crippen molar-refractivity contribution in [3.8, 4) is 0 Å². The fourth-order valence-electron chi connectivity index (χ4n) is 2.02. The normalized spacial score (nSPS) is 11.4. The Bertz CT molecular complexity index is 747. The van der Waals surface area contributed by atoms with Crippen LogP contribution in [0.5, 0.6) is 0 Å². The van der Waals surface area contributed by atoms with Gasteiger partial charge in [-0.1, -0.05) is 43.3 Å². The van der Waals surface area contributed by atoms with Gasteiger partial charge in [-0.15, -0.1) is 0 Å². The SMILES string of the molecule is CCc1ccc(CNS(=O)(=O)c2ccc(C(C)=O)cc2)cc1. The minimum atomic E-state index is -3.58. The van der Waals surface area contributed by atoms with Crippen molar-refractivity contribution in [3.05, 3.63) is 65.2 Å². The van der Waals surface area contributed by atoms with Crippen LogP contribution in [0.3, 0.4) is 0 Å². The van der Waals surface area contributed by atoms with E-state index in [4.69, 9.17) is 0 Å². The van der Waals surface area contributed by atoms with Gasteiger partial charge in [0.15, 0.2) is 5.78 Å². The number of Topliss-reactive ketones (excluding diaryl/α,β-unsaturated/α-hetero) is 1. The lowest BCUT2D eigenvalue weighted by Crippen LogP contribution is -2.23. The van der Waals surface area contributed by atoms with Crippen LogP contribution in [0, 0.1) is 0 Å². The number of carbonyl (C=O) groups is 1. The van der Waals surface area contributed by atoms with E-state index in [0.29, 0.717) is 5.56 Å². The van der Waals surface area contributed by atoms with E-state index >= 15 is 0 Å². The minimum absolute atomic E-state index is 0.0899. The molecule has 5 heteroatoms. The van der Waals surface area contributed by atoms with Gasteiger partial charge in [0, 0.05) is 12.1 Å². The highest BCUT2D eigenvalue weighted by Gasteiger charge is 2.14. The predicted octanol–water partition coefficient (Wildman–Crippen LogP) is 2.93. The lowest BCUT2D eigenvalue weighted by Gasteiger charge is -2.08. The van der Waals surface area contributed by atoms with Crippen LogP contribution in [0.15, 0.2) is 53.4 Å². The number of ketones is 1. The number of sulfonamides is 1. The van der Waals surface area contributed by atoms with Gasteiger partial charge in [-0.3, -0.25) is 4.79 Å². The van der Waals surface area contributed by atoms with Crippen LogP contribution < -0.4 is 4.72 Å². The molecule has 116 valence electrons. The van der Waals surface area contributed by atoms with Crippen LogP contribution >= 0.6 is 0 Å². The van der Waals surface area contributed by atoms with E-state index in [1.54, 1.807) is 0 Å². The number of hydrogen-bond donors (Lipinski definition) is 1. The zero-order valence-corrected chi connectivity index (χ0v) is 13.5. The van der Waals surface area contributed by atoms with Crippen LogP contribution in [0.4, 0.5) is 0 Å². The first-order valence-electron chi connectivity index (χ1n) is 7.11. The summed E-state index contributed by atoms with van der Waals surface area (Å²) >= 11 is 0. The number of aryl methyl sites for hydroxylation is 1. The molecule has 0 aromatic heterocycles. The molecule has 0 aliphatic heterocycles. The molecule has 2 rings (SSSR count). The van der Waals surface area contributed by atoms with Gasteiger partial charge in [0.2, 0.25) is 10.0 Å². The van der Waals surface area contributed by atoms with Crippen molar-refractivity contribution in [2.24, 2.45) is 0 Å². The van der Waals surface area contributed by atoms with Crippen LogP contribution in [0.2, 0.25) is 0 Å². The van der Waals surface area contributed by atoms with E-state index in [1.807, 2.05) is 24.3 Å². The number of benzene rings is 2. The molecule has 0 aliphatic carbocycles. The smallest absolute Gasteiger partial charge is 0.240 e. The average molecular weight is 317 g/mol. The first kappa shape index (κ1) is 16.4. The summed E-state index contributed by atoms with van der Waals surface area (Å²) in [6, 6.07) is 13.7. The monoisotopic (exact) mass is 317 g/mol. The zero-order chi connectivity index (χ0) is 16.2. The summed E-state index contributed by atoms with van der Waals surface area (Å²) in [6.45, 7) is 3.75. The molecule has 0 saturated carbocycles. The summed E-state index contributed by atoms with van der Waals surface area (Å²) in [7, 11) is -3.58. The van der Waals surface area contributed by atoms with Gasteiger partial charge in [-0.05, 0) is 36.6 Å². The maximum absolute atomic E-state index is 12.2. The largest absolute Gasteiger partial charge is 0.295 e. The highest BCUT2D eigenvalue weighted by Crippen LogP contribution is 2.12. The van der Waals surface area contributed by atoms with Crippen molar-refractivity contribution < 1.29 is 13.2 Å². The van der Waals surface area contributed by atoms with Gasteiger partial charge in [0.25, 0.3) is 0 Å². The second-order valence-corrected chi connectivity index (χ2v) is 6.84. The Morgan fingerprint density at radius 3 is 2.00 bits per heavy atom. The summed E-state index contributed by atoms with van der Waals surface area (Å²) in [5, 5.41) is 0. The van der Waals surface area contributed by atoms with Crippen LogP contribution in [-0.2, 0) is 23.0 Å². The molecule has 0 bridgehead atoms. The molecular weight excluding hydrogens is 298 g/mol. The Kier molecular flexibility index (Phi) is 5.11. The average Bonchev–Trinajstić information content (AvgIpc) is 2.53. The Morgan fingerprint density at radius 2 is 1.50 bits per heavy atom. The zero-order valence-electron chi connectivity index (χ0n) is 12.7. The van der Waals surface area contributed by atoms with Crippen LogP contribution in [0.25, 0.3) is 0 Å². The van der Waals surface area contributed by atoms with Crippen LogP contribution in [0.1, 0.15) is 35.3 Å². The third-order valence-electron chi connectivity index (χ3n) is 3.47. The first-order valence-corrected chi connectivity index (χ1v) is 8.59. The molecule has 0 amide bonds. The maximum atomic E-state index is 12.2. The van der Waals surface area contributed by atoms with Gasteiger partial charge in [-0.25, -0.2) is 13.1 Å². The number of nitrogens with one attached hydrogen (secondary N) is 1. The van der Waals surface area contributed by atoms with Gasteiger partial charge in [0.05, 0.1) is 4.90 Å². The fraction of sp³-hybridized carbons (Fsp3) is 0.235. The Labute approximate surface area is 131 Å². The number of carbonyl (C=O) groups excluding carboxylic acids is 1. The summed E-state index contributed by atoms with van der Waals surface area (Å²) in [5.74, 6) is -0.0899. The second-order valence-electron chi connectivity index (χ2n) is 5.08. The highest BCUT2D eigenvalue weighted by atomic mass is 32.2. The van der Waals surface area contributed by atoms with Crippen molar-refractivity contribution in [1.82, 2.24) is 4.72 Å². The lowest BCUT2D eigenvalue weighted by molar-refractivity contribution is 0.101. The van der Waals surface area contributed by atoms with Crippen molar-refractivity contribution in [2.75, 3.05) is 0 Å². The molecule has 2 aromatic carbocycles. The summed E-state index contributed by atoms with van der Waals surface area (Å²) in [5.41, 5.74) is 2.61. The molecule has 0 spiro atoms. The standard InChI is InChI=1S/C17H19NO3S/c1-3-14-4-6-15(7-5-14)12-18-22(20,21)17-10-8-16(9-11-17)13(2)19/h4-11,18H,3,12H2,1-2H3. The molecule has 2 aromatic rings. The third kappa shape index (κ3) is 4.02. The van der Waals surface area contributed by atoms with Crippen molar-refractivity contribution in [3.63, 3.8) is 0 Å². The fourth-order valence-corrected chi connectivity index (χ4v) is 3.04. The molecule has 1 N–H and O–H groups in total. The van der Waals surface area contributed by atoms with E-state index in [2.05, 4.69) is 11.6 Å². The Balaban J connectivity index is 2.08. The molecule has 0 aliphatic rings. The van der Waals surface area contributed by atoms with E-state index < -0.39 is 10.0 Å². The molecule has 0 atom stereocenters. The molecule has 0 heterocycles. The van der Waals surface area contributed by atoms with Gasteiger partial charge in [-0.2, -0.15) is 0 Å². The van der Waals surface area contributed by atoms with E-state index in [0.717, 1.165) is 12.0 Å². The molecule has 4 nitrogen and oxygen atoms in total. The predicted molar refractivity (Wildman–Crippen MR) is 86.3 cm³/mol. The van der Waals surface area contributed by atoms with Gasteiger partial charge in [0.1, 0.15) is 0 Å². The molecular formula is C17H19NO3S. The quantitative estimate of drug-likeness (QED) is 0.833. The molecule has 22 heavy (non-hydrogen) atoms.